The maximum Gasteiger partial charge on any atom is 0.172 e. The highest BCUT2D eigenvalue weighted by Crippen LogP contribution is 2.20. The van der Waals surface area contributed by atoms with Gasteiger partial charge >= 0.3 is 0 Å². The van der Waals surface area contributed by atoms with Crippen molar-refractivity contribution in [2.75, 3.05) is 0 Å². The molecule has 0 radical (unpaired) electrons. The van der Waals surface area contributed by atoms with E-state index in [4.69, 9.17) is 16.2 Å². The highest BCUT2D eigenvalue weighted by atomic mass is 16.4. The van der Waals surface area contributed by atoms with Gasteiger partial charge in [-0.3, -0.25) is 0 Å². The lowest BCUT2D eigenvalue weighted by Crippen LogP contribution is -2.12. The molecule has 0 amide bonds. The number of aromatic nitrogens is 1. The quantitative estimate of drug-likeness (QED) is 0.278. The Morgan fingerprint density at radius 1 is 1.53 bits per heavy atom. The van der Waals surface area contributed by atoms with Crippen molar-refractivity contribution < 1.29 is 5.21 Å². The van der Waals surface area contributed by atoms with Gasteiger partial charge in [-0.05, 0) is 6.07 Å². The second-order valence-corrected chi connectivity index (χ2v) is 3.03. The lowest BCUT2D eigenvalue weighted by atomic mass is 10.1. The predicted octanol–water partition coefficient (Wildman–Crippen LogP) is 1.13. The lowest BCUT2D eigenvalue weighted by Gasteiger charge is -1.96. The first kappa shape index (κ1) is 9.09. The molecule has 0 bridgehead atoms. The molecule has 0 aliphatic carbocycles. The number of nitrogens with zero attached hydrogens (tertiary/aromatic N) is 2. The predicted molar refractivity (Wildman–Crippen MR) is 55.5 cm³/mol. The third-order valence-electron chi connectivity index (χ3n) is 2.22. The van der Waals surface area contributed by atoms with Gasteiger partial charge in [0.1, 0.15) is 6.07 Å². The summed E-state index contributed by atoms with van der Waals surface area (Å²) < 4.78 is 0. The summed E-state index contributed by atoms with van der Waals surface area (Å²) in [6, 6.07) is 7.33. The first-order valence-electron chi connectivity index (χ1n) is 4.26. The number of benzene rings is 1. The Morgan fingerprint density at radius 2 is 2.33 bits per heavy atom. The van der Waals surface area contributed by atoms with Crippen LogP contribution in [0.25, 0.3) is 10.9 Å². The molecule has 0 saturated heterocycles. The van der Waals surface area contributed by atoms with E-state index in [0.717, 1.165) is 5.39 Å². The van der Waals surface area contributed by atoms with Crippen LogP contribution < -0.4 is 5.73 Å². The largest absolute Gasteiger partial charge is 0.409 e. The smallest absolute Gasteiger partial charge is 0.172 e. The van der Waals surface area contributed by atoms with E-state index in [9.17, 15) is 0 Å². The van der Waals surface area contributed by atoms with Gasteiger partial charge in [0.25, 0.3) is 0 Å². The first-order chi connectivity index (χ1) is 7.27. The summed E-state index contributed by atoms with van der Waals surface area (Å²) in [7, 11) is 0. The second kappa shape index (κ2) is 3.35. The molecule has 2 rings (SSSR count). The summed E-state index contributed by atoms with van der Waals surface area (Å²) in [6.45, 7) is 0. The van der Waals surface area contributed by atoms with Gasteiger partial charge in [-0.1, -0.05) is 17.3 Å². The minimum atomic E-state index is 0.0244. The van der Waals surface area contributed by atoms with Crippen LogP contribution in [-0.4, -0.2) is 16.0 Å². The third kappa shape index (κ3) is 1.28. The number of nitrogens with two attached hydrogens (primary N) is 1. The number of aromatic amines is 1. The van der Waals surface area contributed by atoms with Gasteiger partial charge in [0.05, 0.1) is 11.1 Å². The van der Waals surface area contributed by atoms with Crippen molar-refractivity contribution in [2.24, 2.45) is 10.9 Å². The van der Waals surface area contributed by atoms with Crippen LogP contribution in [0.5, 0.6) is 0 Å². The maximum absolute atomic E-state index is 8.86. The van der Waals surface area contributed by atoms with E-state index in [2.05, 4.69) is 16.2 Å². The molecular weight excluding hydrogens is 192 g/mol. The summed E-state index contributed by atoms with van der Waals surface area (Å²) in [6.07, 6.45) is 1.61. The molecule has 0 atom stereocenters. The van der Waals surface area contributed by atoms with E-state index in [1.54, 1.807) is 24.4 Å². The Hall–Kier alpha value is -2.48. The van der Waals surface area contributed by atoms with Crippen LogP contribution in [-0.2, 0) is 0 Å². The minimum absolute atomic E-state index is 0.0244. The molecule has 0 aliphatic heterocycles. The Kier molecular flexibility index (Phi) is 2.03. The standard InChI is InChI=1S/C10H8N4O/c11-4-6-2-1-3-7-8(10(12)14-15)5-13-9(6)7/h1-3,5,13,15H,(H2,12,14). The maximum atomic E-state index is 8.86. The van der Waals surface area contributed by atoms with E-state index < -0.39 is 0 Å². The van der Waals surface area contributed by atoms with Gasteiger partial charge in [0.2, 0.25) is 0 Å². The molecule has 5 nitrogen and oxygen atoms in total. The number of rotatable bonds is 1. The minimum Gasteiger partial charge on any atom is -0.409 e. The molecule has 0 saturated carbocycles. The molecule has 5 heteroatoms. The Labute approximate surface area is 85.4 Å². The number of hydrogen-bond acceptors (Lipinski definition) is 3. The van der Waals surface area contributed by atoms with Gasteiger partial charge in [-0.25, -0.2) is 0 Å². The average Bonchev–Trinajstić information content (AvgIpc) is 2.71. The zero-order chi connectivity index (χ0) is 10.8. The summed E-state index contributed by atoms with van der Waals surface area (Å²) >= 11 is 0. The fourth-order valence-electron chi connectivity index (χ4n) is 1.51. The van der Waals surface area contributed by atoms with E-state index in [-0.39, 0.29) is 5.84 Å². The number of nitriles is 1. The van der Waals surface area contributed by atoms with Crippen molar-refractivity contribution in [2.45, 2.75) is 0 Å². The number of nitrogens with one attached hydrogen (secondary N) is 1. The first-order valence-corrected chi connectivity index (χ1v) is 4.26. The van der Waals surface area contributed by atoms with Crippen molar-refractivity contribution >= 4 is 16.7 Å². The average molecular weight is 200 g/mol. The zero-order valence-corrected chi connectivity index (χ0v) is 7.73. The number of oxime groups is 1. The fraction of sp³-hybridized carbons (Fsp3) is 0. The summed E-state index contributed by atoms with van der Waals surface area (Å²) in [5.74, 6) is 0.0244. The molecule has 1 aromatic carbocycles. The summed E-state index contributed by atoms with van der Waals surface area (Å²) in [5.41, 5.74) is 7.31. The molecular formula is C10H8N4O. The van der Waals surface area contributed by atoms with Crippen molar-refractivity contribution in [3.05, 3.63) is 35.5 Å². The van der Waals surface area contributed by atoms with Crippen molar-refractivity contribution in [3.8, 4) is 6.07 Å². The van der Waals surface area contributed by atoms with E-state index in [1.807, 2.05) is 0 Å². The molecule has 1 aromatic heterocycles. The van der Waals surface area contributed by atoms with Crippen molar-refractivity contribution in [1.82, 2.24) is 4.98 Å². The molecule has 1 heterocycles. The third-order valence-corrected chi connectivity index (χ3v) is 2.22. The molecule has 15 heavy (non-hydrogen) atoms. The number of fused-ring (bicyclic) bond motifs is 1. The number of hydrogen-bond donors (Lipinski definition) is 3. The Morgan fingerprint density at radius 3 is 3.00 bits per heavy atom. The number of para-hydroxylation sites is 1. The molecule has 0 spiro atoms. The van der Waals surface area contributed by atoms with Gasteiger partial charge in [-0.15, -0.1) is 0 Å². The highest BCUT2D eigenvalue weighted by Gasteiger charge is 2.09. The molecule has 2 aromatic rings. The van der Waals surface area contributed by atoms with Crippen LogP contribution in [0.1, 0.15) is 11.1 Å². The van der Waals surface area contributed by atoms with Gasteiger partial charge in [-0.2, -0.15) is 5.26 Å². The van der Waals surface area contributed by atoms with Gasteiger partial charge in [0, 0.05) is 17.1 Å². The van der Waals surface area contributed by atoms with Gasteiger partial charge < -0.3 is 15.9 Å². The topological polar surface area (TPSA) is 98.2 Å². The second-order valence-electron chi connectivity index (χ2n) is 3.03. The van der Waals surface area contributed by atoms with E-state index in [1.165, 1.54) is 0 Å². The fourth-order valence-corrected chi connectivity index (χ4v) is 1.51. The monoisotopic (exact) mass is 200 g/mol. The van der Waals surface area contributed by atoms with Crippen LogP contribution in [0.2, 0.25) is 0 Å². The summed E-state index contributed by atoms with van der Waals surface area (Å²) in [5, 5.41) is 21.1. The SMILES string of the molecule is N#Cc1cccc2c(/C(N)=N\O)c[nH]c12. The van der Waals surface area contributed by atoms with Crippen LogP contribution >= 0.6 is 0 Å². The highest BCUT2D eigenvalue weighted by molar-refractivity contribution is 6.09. The summed E-state index contributed by atoms with van der Waals surface area (Å²) in [4.78, 5) is 2.93. The van der Waals surface area contributed by atoms with Gasteiger partial charge in [0.15, 0.2) is 5.84 Å². The number of H-pyrrole nitrogens is 1. The van der Waals surface area contributed by atoms with Crippen molar-refractivity contribution in [3.63, 3.8) is 0 Å². The van der Waals surface area contributed by atoms with Crippen LogP contribution in [0.4, 0.5) is 0 Å². The van der Waals surface area contributed by atoms with Crippen LogP contribution in [0, 0.1) is 11.3 Å². The van der Waals surface area contributed by atoms with E-state index >= 15 is 0 Å². The molecule has 0 unspecified atom stereocenters. The Balaban J connectivity index is 2.78. The molecule has 74 valence electrons. The lowest BCUT2D eigenvalue weighted by molar-refractivity contribution is 0.318. The Bertz CT molecular complexity index is 577. The van der Waals surface area contributed by atoms with E-state index in [0.29, 0.717) is 16.6 Å². The van der Waals surface area contributed by atoms with Crippen LogP contribution in [0.15, 0.2) is 29.6 Å². The molecule has 4 N–H and O–H groups in total. The zero-order valence-electron chi connectivity index (χ0n) is 7.73. The number of amidine groups is 1. The van der Waals surface area contributed by atoms with Crippen LogP contribution in [0.3, 0.4) is 0 Å². The normalized spacial score (nSPS) is 11.5. The van der Waals surface area contributed by atoms with Crippen molar-refractivity contribution in [1.29, 1.82) is 5.26 Å². The molecule has 0 aliphatic rings. The molecule has 0 fully saturated rings.